The Bertz CT molecular complexity index is 1010. The number of nitrogens with zero attached hydrogens (tertiary/aromatic N) is 2. The van der Waals surface area contributed by atoms with Crippen molar-refractivity contribution in [2.24, 2.45) is 12.0 Å². The van der Waals surface area contributed by atoms with Crippen molar-refractivity contribution in [3.8, 4) is 11.5 Å². The van der Waals surface area contributed by atoms with Crippen LogP contribution in [0.4, 0.5) is 5.69 Å². The number of aryl methyl sites for hydroxylation is 1. The highest BCUT2D eigenvalue weighted by Gasteiger charge is 2.11. The lowest BCUT2D eigenvalue weighted by atomic mass is 10.1. The average Bonchev–Trinajstić information content (AvgIpc) is 2.96. The zero-order chi connectivity index (χ0) is 21.5. The summed E-state index contributed by atoms with van der Waals surface area (Å²) in [5.74, 6) is 1.71. The van der Waals surface area contributed by atoms with E-state index in [4.69, 9.17) is 9.73 Å². The Balaban J connectivity index is 1.29. The van der Waals surface area contributed by atoms with Gasteiger partial charge >= 0.3 is 0 Å². The lowest BCUT2D eigenvalue weighted by Crippen LogP contribution is -2.18. The third kappa shape index (κ3) is 6.23. The summed E-state index contributed by atoms with van der Waals surface area (Å²) in [6.07, 6.45) is 8.88. The van der Waals surface area contributed by atoms with Crippen LogP contribution in [0.2, 0.25) is 0 Å². The van der Waals surface area contributed by atoms with Crippen LogP contribution in [-0.2, 0) is 13.5 Å². The molecule has 0 amide bonds. The summed E-state index contributed by atoms with van der Waals surface area (Å²) in [6, 6.07) is 16.8. The van der Waals surface area contributed by atoms with Crippen LogP contribution in [0.15, 0.2) is 58.9 Å². The second kappa shape index (κ2) is 10.7. The summed E-state index contributed by atoms with van der Waals surface area (Å²) >= 11 is 1.78. The van der Waals surface area contributed by atoms with Gasteiger partial charge in [0, 0.05) is 36.8 Å². The Morgan fingerprint density at radius 1 is 0.968 bits per heavy atom. The molecule has 1 heterocycles. The van der Waals surface area contributed by atoms with E-state index in [2.05, 4.69) is 53.5 Å². The molecule has 1 aliphatic carbocycles. The number of ether oxygens (including phenoxy) is 1. The van der Waals surface area contributed by atoms with Crippen molar-refractivity contribution in [1.82, 2.24) is 4.57 Å². The number of benzene rings is 2. The molecule has 2 aromatic carbocycles. The number of hydrogen-bond donors (Lipinski definition) is 1. The Labute approximate surface area is 189 Å². The number of hydrogen-bond acceptors (Lipinski definition) is 4. The molecule has 0 bridgehead atoms. The maximum absolute atomic E-state index is 5.91. The lowest BCUT2D eigenvalue weighted by molar-refractivity contribution is 0.482. The van der Waals surface area contributed by atoms with E-state index in [1.807, 2.05) is 24.3 Å². The highest BCUT2D eigenvalue weighted by Crippen LogP contribution is 2.23. The highest BCUT2D eigenvalue weighted by atomic mass is 32.1. The summed E-state index contributed by atoms with van der Waals surface area (Å²) in [6.45, 7) is 2.97. The maximum Gasteiger partial charge on any atom is 0.184 e. The predicted molar refractivity (Wildman–Crippen MR) is 130 cm³/mol. The van der Waals surface area contributed by atoms with Crippen molar-refractivity contribution in [3.05, 3.63) is 70.0 Å². The number of aromatic nitrogens is 1. The molecule has 1 saturated carbocycles. The molecule has 3 aromatic rings. The first-order chi connectivity index (χ1) is 15.2. The Morgan fingerprint density at radius 3 is 2.29 bits per heavy atom. The monoisotopic (exact) mass is 435 g/mol. The molecule has 0 saturated heterocycles. The highest BCUT2D eigenvalue weighted by molar-refractivity contribution is 7.07. The molecule has 0 atom stereocenters. The largest absolute Gasteiger partial charge is 0.457 e. The van der Waals surface area contributed by atoms with Crippen LogP contribution in [0.5, 0.6) is 11.5 Å². The van der Waals surface area contributed by atoms with Gasteiger partial charge in [-0.1, -0.05) is 43.4 Å². The van der Waals surface area contributed by atoms with Crippen molar-refractivity contribution < 1.29 is 4.74 Å². The van der Waals surface area contributed by atoms with E-state index in [1.165, 1.54) is 54.6 Å². The van der Waals surface area contributed by atoms with Crippen molar-refractivity contribution in [2.75, 3.05) is 11.9 Å². The smallest absolute Gasteiger partial charge is 0.184 e. The van der Waals surface area contributed by atoms with E-state index in [9.17, 15) is 0 Å². The van der Waals surface area contributed by atoms with E-state index in [0.717, 1.165) is 30.2 Å². The molecule has 1 N–H and O–H groups in total. The van der Waals surface area contributed by atoms with Gasteiger partial charge in [-0.2, -0.15) is 0 Å². The van der Waals surface area contributed by atoms with Gasteiger partial charge in [-0.15, -0.1) is 11.3 Å². The van der Waals surface area contributed by atoms with Crippen LogP contribution in [0, 0.1) is 6.92 Å². The minimum atomic E-state index is 0.513. The van der Waals surface area contributed by atoms with Crippen molar-refractivity contribution in [2.45, 2.75) is 57.9 Å². The summed E-state index contributed by atoms with van der Waals surface area (Å²) < 4.78 is 8.18. The molecule has 1 aromatic heterocycles. The van der Waals surface area contributed by atoms with E-state index >= 15 is 0 Å². The van der Waals surface area contributed by atoms with Gasteiger partial charge in [0.15, 0.2) is 4.80 Å². The van der Waals surface area contributed by atoms with E-state index in [-0.39, 0.29) is 0 Å². The molecule has 1 fully saturated rings. The third-order valence-corrected chi connectivity index (χ3v) is 6.94. The van der Waals surface area contributed by atoms with Crippen molar-refractivity contribution in [1.29, 1.82) is 0 Å². The van der Waals surface area contributed by atoms with Gasteiger partial charge in [-0.3, -0.25) is 4.99 Å². The van der Waals surface area contributed by atoms with Crippen LogP contribution in [0.3, 0.4) is 0 Å². The molecule has 4 nitrogen and oxygen atoms in total. The van der Waals surface area contributed by atoms with Gasteiger partial charge in [0.05, 0.1) is 6.04 Å². The number of rotatable bonds is 7. The predicted octanol–water partition coefficient (Wildman–Crippen LogP) is 6.47. The van der Waals surface area contributed by atoms with Gasteiger partial charge in [-0.05, 0) is 56.2 Å². The van der Waals surface area contributed by atoms with Crippen LogP contribution < -0.4 is 14.9 Å². The fourth-order valence-electron chi connectivity index (χ4n) is 4.01. The molecule has 0 radical (unpaired) electrons. The number of thiazole rings is 1. The first kappa shape index (κ1) is 21.7. The van der Waals surface area contributed by atoms with E-state index < -0.39 is 0 Å². The van der Waals surface area contributed by atoms with Gasteiger partial charge in [-0.25, -0.2) is 0 Å². The van der Waals surface area contributed by atoms with Crippen LogP contribution >= 0.6 is 11.3 Å². The molecule has 31 heavy (non-hydrogen) atoms. The fourth-order valence-corrected chi connectivity index (χ4v) is 5.01. The van der Waals surface area contributed by atoms with Crippen LogP contribution in [0.25, 0.3) is 0 Å². The Kier molecular flexibility index (Phi) is 7.47. The van der Waals surface area contributed by atoms with Crippen LogP contribution in [-0.4, -0.2) is 17.2 Å². The SMILES string of the molecule is Cc1ccc(Oc2ccc(NCCc3csc(=NC4CCCCCC4)n3C)cc2)cc1. The van der Waals surface area contributed by atoms with Crippen LogP contribution in [0.1, 0.15) is 49.8 Å². The molecule has 164 valence electrons. The standard InChI is InChI=1S/C26H33N3OS/c1-20-9-13-24(14-10-20)30-25-15-11-21(12-16-25)27-18-17-23-19-31-26(29(23)2)28-22-7-5-3-4-6-8-22/h9-16,19,22,27H,3-8,17-18H2,1-2H3. The summed E-state index contributed by atoms with van der Waals surface area (Å²) in [4.78, 5) is 6.23. The Morgan fingerprint density at radius 2 is 1.61 bits per heavy atom. The molecule has 1 aliphatic rings. The summed E-state index contributed by atoms with van der Waals surface area (Å²) in [5, 5.41) is 5.78. The summed E-state index contributed by atoms with van der Waals surface area (Å²) in [5.41, 5.74) is 3.68. The molecular weight excluding hydrogens is 402 g/mol. The quantitative estimate of drug-likeness (QED) is 0.432. The zero-order valence-corrected chi connectivity index (χ0v) is 19.5. The Hall–Kier alpha value is -2.53. The van der Waals surface area contributed by atoms with Gasteiger partial charge < -0.3 is 14.6 Å². The van der Waals surface area contributed by atoms with Gasteiger partial charge in [0.2, 0.25) is 0 Å². The molecular formula is C26H33N3OS. The maximum atomic E-state index is 5.91. The van der Waals surface area contributed by atoms with Gasteiger partial charge in [0.25, 0.3) is 0 Å². The van der Waals surface area contributed by atoms with Crippen molar-refractivity contribution >= 4 is 17.0 Å². The molecule has 0 unspecified atom stereocenters. The second-order valence-electron chi connectivity index (χ2n) is 8.46. The third-order valence-electron chi connectivity index (χ3n) is 5.96. The second-order valence-corrected chi connectivity index (χ2v) is 9.30. The fraction of sp³-hybridized carbons (Fsp3) is 0.423. The van der Waals surface area contributed by atoms with Crippen molar-refractivity contribution in [3.63, 3.8) is 0 Å². The van der Waals surface area contributed by atoms with Gasteiger partial charge in [0.1, 0.15) is 11.5 Å². The minimum Gasteiger partial charge on any atom is -0.457 e. The number of nitrogens with one attached hydrogen (secondary N) is 1. The average molecular weight is 436 g/mol. The molecule has 0 spiro atoms. The number of anilines is 1. The minimum absolute atomic E-state index is 0.513. The normalized spacial score (nSPS) is 15.6. The van der Waals surface area contributed by atoms with E-state index in [0.29, 0.717) is 6.04 Å². The zero-order valence-electron chi connectivity index (χ0n) is 18.6. The first-order valence-corrected chi connectivity index (χ1v) is 12.3. The molecule has 0 aliphatic heterocycles. The molecule has 4 rings (SSSR count). The topological polar surface area (TPSA) is 38.5 Å². The summed E-state index contributed by atoms with van der Waals surface area (Å²) in [7, 11) is 2.15. The van der Waals surface area contributed by atoms with E-state index in [1.54, 1.807) is 11.3 Å². The lowest BCUT2D eigenvalue weighted by Gasteiger charge is -2.10. The molecule has 5 heteroatoms. The first-order valence-electron chi connectivity index (χ1n) is 11.4.